The maximum Gasteiger partial charge on any atom is 0.240 e. The highest BCUT2D eigenvalue weighted by molar-refractivity contribution is 6.05. The van der Waals surface area contributed by atoms with Gasteiger partial charge in [-0.2, -0.15) is 9.49 Å². The van der Waals surface area contributed by atoms with Crippen LogP contribution in [0.5, 0.6) is 5.75 Å². The molecule has 1 amide bonds. The second-order valence-corrected chi connectivity index (χ2v) is 5.25. The molecule has 2 atom stereocenters. The maximum absolute atomic E-state index is 14.2. The van der Waals surface area contributed by atoms with E-state index in [-0.39, 0.29) is 41.9 Å². The standard InChI is InChI=1S/C15H18F2N2O3/c1-3-9(20)7-22-11-5-4-10(13(16)14(11)17)15-8(2)6-12(21)18-19-15/h4-5,8-9,20H,3,6-7H2,1-2H3,(H,18,21). The summed E-state index contributed by atoms with van der Waals surface area (Å²) in [6, 6.07) is 2.65. The molecule has 0 aromatic heterocycles. The molecular weight excluding hydrogens is 294 g/mol. The quantitative estimate of drug-likeness (QED) is 0.873. The summed E-state index contributed by atoms with van der Waals surface area (Å²) in [6.45, 7) is 3.36. The Bertz CT molecular complexity index is 605. The van der Waals surface area contributed by atoms with Gasteiger partial charge in [0.25, 0.3) is 0 Å². The summed E-state index contributed by atoms with van der Waals surface area (Å²) in [7, 11) is 0. The zero-order valence-electron chi connectivity index (χ0n) is 12.4. The van der Waals surface area contributed by atoms with Crippen molar-refractivity contribution in [2.45, 2.75) is 32.8 Å². The van der Waals surface area contributed by atoms with E-state index in [0.717, 1.165) is 0 Å². The van der Waals surface area contributed by atoms with E-state index < -0.39 is 17.7 Å². The lowest BCUT2D eigenvalue weighted by Gasteiger charge is -2.20. The number of carbonyl (C=O) groups excluding carboxylic acids is 1. The Hall–Kier alpha value is -2.02. The largest absolute Gasteiger partial charge is 0.488 e. The van der Waals surface area contributed by atoms with Crippen LogP contribution in [0.25, 0.3) is 0 Å². The van der Waals surface area contributed by atoms with Crippen LogP contribution >= 0.6 is 0 Å². The van der Waals surface area contributed by atoms with Crippen molar-refractivity contribution in [3.05, 3.63) is 29.3 Å². The van der Waals surface area contributed by atoms with Crippen molar-refractivity contribution >= 4 is 11.6 Å². The molecule has 2 unspecified atom stereocenters. The molecule has 1 heterocycles. The Kier molecular flexibility index (Phi) is 5.07. The van der Waals surface area contributed by atoms with Crippen LogP contribution in [0.2, 0.25) is 0 Å². The smallest absolute Gasteiger partial charge is 0.240 e. The van der Waals surface area contributed by atoms with Gasteiger partial charge in [0.2, 0.25) is 11.7 Å². The number of hydrazone groups is 1. The molecule has 5 nitrogen and oxygen atoms in total. The Balaban J connectivity index is 2.25. The number of hydrogen-bond acceptors (Lipinski definition) is 4. The molecule has 0 saturated carbocycles. The van der Waals surface area contributed by atoms with Crippen molar-refractivity contribution in [3.8, 4) is 5.75 Å². The summed E-state index contributed by atoms with van der Waals surface area (Å²) >= 11 is 0. The molecule has 0 saturated heterocycles. The van der Waals surface area contributed by atoms with Crippen molar-refractivity contribution < 1.29 is 23.4 Å². The summed E-state index contributed by atoms with van der Waals surface area (Å²) in [5.41, 5.74) is 2.55. The van der Waals surface area contributed by atoms with E-state index in [2.05, 4.69) is 10.5 Å². The topological polar surface area (TPSA) is 70.9 Å². The van der Waals surface area contributed by atoms with E-state index in [1.165, 1.54) is 12.1 Å². The van der Waals surface area contributed by atoms with Crippen molar-refractivity contribution in [2.24, 2.45) is 11.0 Å². The predicted molar refractivity (Wildman–Crippen MR) is 76.6 cm³/mol. The third-order valence-corrected chi connectivity index (χ3v) is 3.48. The average Bonchev–Trinajstić information content (AvgIpc) is 2.49. The van der Waals surface area contributed by atoms with Gasteiger partial charge in [-0.1, -0.05) is 13.8 Å². The van der Waals surface area contributed by atoms with Crippen LogP contribution in [0.3, 0.4) is 0 Å². The molecule has 22 heavy (non-hydrogen) atoms. The van der Waals surface area contributed by atoms with Gasteiger partial charge in [0.15, 0.2) is 11.6 Å². The number of halogens is 2. The van der Waals surface area contributed by atoms with Crippen LogP contribution in [0, 0.1) is 17.6 Å². The first-order valence-corrected chi connectivity index (χ1v) is 7.09. The zero-order valence-corrected chi connectivity index (χ0v) is 12.4. The fourth-order valence-electron chi connectivity index (χ4n) is 2.12. The van der Waals surface area contributed by atoms with Crippen LogP contribution < -0.4 is 10.2 Å². The molecule has 0 radical (unpaired) electrons. The normalized spacial score (nSPS) is 19.4. The molecule has 1 aromatic rings. The van der Waals surface area contributed by atoms with E-state index in [0.29, 0.717) is 6.42 Å². The Morgan fingerprint density at radius 3 is 2.82 bits per heavy atom. The SMILES string of the molecule is CCC(O)COc1ccc(C2=NNC(=O)CC2C)c(F)c1F. The van der Waals surface area contributed by atoms with E-state index in [4.69, 9.17) is 4.74 Å². The van der Waals surface area contributed by atoms with Crippen molar-refractivity contribution in [3.63, 3.8) is 0 Å². The fraction of sp³-hybridized carbons (Fsp3) is 0.467. The van der Waals surface area contributed by atoms with E-state index in [1.807, 2.05) is 0 Å². The molecule has 0 fully saturated rings. The average molecular weight is 312 g/mol. The number of nitrogens with zero attached hydrogens (tertiary/aromatic N) is 1. The molecule has 2 rings (SSSR count). The van der Waals surface area contributed by atoms with Gasteiger partial charge in [-0.25, -0.2) is 9.82 Å². The minimum absolute atomic E-state index is 0.00612. The number of nitrogens with one attached hydrogen (secondary N) is 1. The Labute approximate surface area is 127 Å². The van der Waals surface area contributed by atoms with Crippen LogP contribution in [-0.2, 0) is 4.79 Å². The van der Waals surface area contributed by atoms with E-state index in [1.54, 1.807) is 13.8 Å². The number of carbonyl (C=O) groups is 1. The number of aliphatic hydroxyl groups is 1. The van der Waals surface area contributed by atoms with Gasteiger partial charge in [0, 0.05) is 17.9 Å². The summed E-state index contributed by atoms with van der Waals surface area (Å²) in [6.07, 6.45) is -0.114. The number of rotatable bonds is 5. The van der Waals surface area contributed by atoms with Gasteiger partial charge >= 0.3 is 0 Å². The van der Waals surface area contributed by atoms with Gasteiger partial charge in [-0.3, -0.25) is 4.79 Å². The first-order valence-electron chi connectivity index (χ1n) is 7.09. The molecule has 2 N–H and O–H groups in total. The molecule has 1 aliphatic heterocycles. The Morgan fingerprint density at radius 2 is 2.18 bits per heavy atom. The van der Waals surface area contributed by atoms with E-state index in [9.17, 15) is 18.7 Å². The lowest BCUT2D eigenvalue weighted by atomic mass is 9.93. The Morgan fingerprint density at radius 1 is 1.45 bits per heavy atom. The maximum atomic E-state index is 14.2. The zero-order chi connectivity index (χ0) is 16.3. The lowest BCUT2D eigenvalue weighted by Crippen LogP contribution is -2.32. The first-order chi connectivity index (χ1) is 10.4. The summed E-state index contributed by atoms with van der Waals surface area (Å²) < 4.78 is 33.3. The van der Waals surface area contributed by atoms with Crippen LogP contribution in [-0.4, -0.2) is 29.4 Å². The summed E-state index contributed by atoms with van der Waals surface area (Å²) in [4.78, 5) is 11.2. The van der Waals surface area contributed by atoms with Crippen molar-refractivity contribution in [1.29, 1.82) is 0 Å². The van der Waals surface area contributed by atoms with Gasteiger partial charge in [-0.15, -0.1) is 0 Å². The molecule has 0 aliphatic carbocycles. The highest BCUT2D eigenvalue weighted by atomic mass is 19.2. The van der Waals surface area contributed by atoms with Gasteiger partial charge in [0.05, 0.1) is 11.8 Å². The third kappa shape index (κ3) is 3.41. The monoisotopic (exact) mass is 312 g/mol. The van der Waals surface area contributed by atoms with Gasteiger partial charge in [-0.05, 0) is 18.6 Å². The number of amides is 1. The highest BCUT2D eigenvalue weighted by Crippen LogP contribution is 2.26. The van der Waals surface area contributed by atoms with Crippen LogP contribution in [0.1, 0.15) is 32.3 Å². The van der Waals surface area contributed by atoms with Gasteiger partial charge in [0.1, 0.15) is 6.61 Å². The second kappa shape index (κ2) is 6.83. The second-order valence-electron chi connectivity index (χ2n) is 5.25. The van der Waals surface area contributed by atoms with Gasteiger partial charge < -0.3 is 9.84 Å². The summed E-state index contributed by atoms with van der Waals surface area (Å²) in [5.74, 6) is -3.04. The third-order valence-electron chi connectivity index (χ3n) is 3.48. The van der Waals surface area contributed by atoms with Crippen LogP contribution in [0.4, 0.5) is 8.78 Å². The number of ether oxygens (including phenoxy) is 1. The molecule has 1 aliphatic rings. The van der Waals surface area contributed by atoms with Crippen molar-refractivity contribution in [1.82, 2.24) is 5.43 Å². The molecule has 0 spiro atoms. The fourth-order valence-corrected chi connectivity index (χ4v) is 2.12. The molecule has 1 aromatic carbocycles. The minimum Gasteiger partial charge on any atom is -0.488 e. The molecular formula is C15H18F2N2O3. The molecule has 120 valence electrons. The highest BCUT2D eigenvalue weighted by Gasteiger charge is 2.26. The number of hydrogen-bond donors (Lipinski definition) is 2. The number of benzene rings is 1. The first kappa shape index (κ1) is 16.4. The molecule has 0 bridgehead atoms. The lowest BCUT2D eigenvalue weighted by molar-refractivity contribution is -0.121. The summed E-state index contributed by atoms with van der Waals surface area (Å²) in [5, 5.41) is 13.2. The predicted octanol–water partition coefficient (Wildman–Crippen LogP) is 1.97. The van der Waals surface area contributed by atoms with Crippen molar-refractivity contribution in [2.75, 3.05) is 6.61 Å². The van der Waals surface area contributed by atoms with Crippen LogP contribution in [0.15, 0.2) is 17.2 Å². The molecule has 7 heteroatoms. The number of aliphatic hydroxyl groups excluding tert-OH is 1. The minimum atomic E-state index is -1.13. The van der Waals surface area contributed by atoms with E-state index >= 15 is 0 Å².